The molecule has 0 spiro atoms. The van der Waals surface area contributed by atoms with Crippen molar-refractivity contribution in [2.24, 2.45) is 5.41 Å². The average Bonchev–Trinajstić information content (AvgIpc) is 2.93. The second-order valence-electron chi connectivity index (χ2n) is 7.26. The van der Waals surface area contributed by atoms with Gasteiger partial charge in [0.25, 0.3) is 0 Å². The van der Waals surface area contributed by atoms with Crippen LogP contribution in [0.5, 0.6) is 0 Å². The van der Waals surface area contributed by atoms with E-state index in [2.05, 4.69) is 65.0 Å². The maximum absolute atomic E-state index is 6.54. The van der Waals surface area contributed by atoms with E-state index in [1.54, 1.807) is 0 Å². The summed E-state index contributed by atoms with van der Waals surface area (Å²) in [5, 5.41) is 0. The molecule has 0 heterocycles. The molecule has 122 valence electrons. The van der Waals surface area contributed by atoms with Crippen LogP contribution in [0.3, 0.4) is 0 Å². The fourth-order valence-electron chi connectivity index (χ4n) is 2.94. The Bertz CT molecular complexity index is 516. The minimum absolute atomic E-state index is 0.109. The third kappa shape index (κ3) is 4.17. The molecule has 1 unspecified atom stereocenters. The molecule has 0 aromatic carbocycles. The van der Waals surface area contributed by atoms with E-state index in [1.807, 2.05) is 11.8 Å². The van der Waals surface area contributed by atoms with Crippen LogP contribution in [0.15, 0.2) is 46.4 Å². The number of unbranched alkanes of at least 4 members (excludes halogenated alkanes) is 1. The lowest BCUT2D eigenvalue weighted by atomic mass is 9.78. The highest BCUT2D eigenvalue weighted by Crippen LogP contribution is 2.51. The zero-order valence-electron chi connectivity index (χ0n) is 14.7. The van der Waals surface area contributed by atoms with Crippen LogP contribution in [0.25, 0.3) is 0 Å². The first-order chi connectivity index (χ1) is 10.4. The van der Waals surface area contributed by atoms with Gasteiger partial charge in [0.2, 0.25) is 0 Å². The Hall–Kier alpha value is -0.730. The van der Waals surface area contributed by atoms with E-state index in [1.165, 1.54) is 22.5 Å². The monoisotopic (exact) mass is 318 g/mol. The SMILES string of the molecule is CCCCOC1(SC2=CCC=C2)CC=C(C)C=C1C(C)(C)C. The Kier molecular flexibility index (Phi) is 5.79. The Balaban J connectivity index is 2.33. The Labute approximate surface area is 140 Å². The number of allylic oxidation sites excluding steroid dienone is 5. The number of thioether (sulfide) groups is 1. The number of rotatable bonds is 6. The largest absolute Gasteiger partial charge is 0.360 e. The van der Waals surface area contributed by atoms with Crippen molar-refractivity contribution in [1.29, 1.82) is 0 Å². The van der Waals surface area contributed by atoms with Gasteiger partial charge < -0.3 is 4.74 Å². The van der Waals surface area contributed by atoms with Gasteiger partial charge in [0.1, 0.15) is 4.93 Å². The minimum atomic E-state index is -0.243. The van der Waals surface area contributed by atoms with E-state index in [0.29, 0.717) is 0 Å². The van der Waals surface area contributed by atoms with Crippen molar-refractivity contribution in [3.05, 3.63) is 46.4 Å². The molecule has 0 saturated heterocycles. The van der Waals surface area contributed by atoms with Crippen LogP contribution in [-0.2, 0) is 4.74 Å². The predicted molar refractivity (Wildman–Crippen MR) is 98.9 cm³/mol. The number of hydrogen-bond donors (Lipinski definition) is 0. The summed E-state index contributed by atoms with van der Waals surface area (Å²) in [4.78, 5) is 1.10. The van der Waals surface area contributed by atoms with E-state index >= 15 is 0 Å². The molecule has 1 atom stereocenters. The summed E-state index contributed by atoms with van der Waals surface area (Å²) in [6.07, 6.45) is 15.8. The molecule has 0 aromatic heterocycles. The van der Waals surface area contributed by atoms with Crippen molar-refractivity contribution in [2.75, 3.05) is 6.61 Å². The summed E-state index contributed by atoms with van der Waals surface area (Å²) < 4.78 is 6.54. The summed E-state index contributed by atoms with van der Waals surface area (Å²) in [6, 6.07) is 0. The average molecular weight is 319 g/mol. The van der Waals surface area contributed by atoms with Gasteiger partial charge in [-0.1, -0.05) is 81.8 Å². The van der Waals surface area contributed by atoms with Crippen LogP contribution in [0.4, 0.5) is 0 Å². The van der Waals surface area contributed by atoms with Crippen molar-refractivity contribution in [3.63, 3.8) is 0 Å². The summed E-state index contributed by atoms with van der Waals surface area (Å²) in [5.41, 5.74) is 2.89. The topological polar surface area (TPSA) is 9.23 Å². The third-order valence-electron chi connectivity index (χ3n) is 4.14. The molecule has 2 aliphatic carbocycles. The summed E-state index contributed by atoms with van der Waals surface area (Å²) in [6.45, 7) is 12.1. The van der Waals surface area contributed by atoms with Crippen LogP contribution in [-0.4, -0.2) is 11.5 Å². The van der Waals surface area contributed by atoms with E-state index < -0.39 is 0 Å². The first-order valence-corrected chi connectivity index (χ1v) is 9.28. The lowest BCUT2D eigenvalue weighted by Gasteiger charge is -2.43. The molecular weight excluding hydrogens is 288 g/mol. The fourth-order valence-corrected chi connectivity index (χ4v) is 4.44. The first kappa shape index (κ1) is 17.6. The molecule has 2 rings (SSSR count). The van der Waals surface area contributed by atoms with Crippen molar-refractivity contribution in [2.45, 2.75) is 65.2 Å². The van der Waals surface area contributed by atoms with E-state index in [0.717, 1.165) is 25.9 Å². The van der Waals surface area contributed by atoms with Crippen LogP contribution >= 0.6 is 11.8 Å². The summed E-state index contributed by atoms with van der Waals surface area (Å²) in [7, 11) is 0. The van der Waals surface area contributed by atoms with Gasteiger partial charge >= 0.3 is 0 Å². The molecule has 22 heavy (non-hydrogen) atoms. The number of hydrogen-bond acceptors (Lipinski definition) is 2. The molecule has 0 fully saturated rings. The molecule has 0 bridgehead atoms. The van der Waals surface area contributed by atoms with Gasteiger partial charge in [-0.15, -0.1) is 0 Å². The molecule has 2 heteroatoms. The molecule has 0 radical (unpaired) electrons. The fraction of sp³-hybridized carbons (Fsp3) is 0.600. The molecule has 0 N–H and O–H groups in total. The van der Waals surface area contributed by atoms with E-state index in [-0.39, 0.29) is 10.3 Å². The first-order valence-electron chi connectivity index (χ1n) is 8.46. The molecule has 0 amide bonds. The van der Waals surface area contributed by atoms with Crippen molar-refractivity contribution >= 4 is 11.8 Å². The number of ether oxygens (including phenoxy) is 1. The van der Waals surface area contributed by atoms with Crippen LogP contribution < -0.4 is 0 Å². The maximum Gasteiger partial charge on any atom is 0.143 e. The zero-order chi connectivity index (χ0) is 16.2. The molecule has 2 aliphatic rings. The van der Waals surface area contributed by atoms with Crippen LogP contribution in [0.1, 0.15) is 60.3 Å². The van der Waals surface area contributed by atoms with Crippen LogP contribution in [0.2, 0.25) is 0 Å². The van der Waals surface area contributed by atoms with E-state index in [4.69, 9.17) is 4.74 Å². The Morgan fingerprint density at radius 2 is 2.05 bits per heavy atom. The quantitative estimate of drug-likeness (QED) is 0.414. The highest BCUT2D eigenvalue weighted by atomic mass is 32.2. The lowest BCUT2D eigenvalue weighted by molar-refractivity contribution is 0.0387. The van der Waals surface area contributed by atoms with Gasteiger partial charge in [0.05, 0.1) is 0 Å². The molecule has 1 nitrogen and oxygen atoms in total. The Morgan fingerprint density at radius 1 is 1.27 bits per heavy atom. The standard InChI is InChI=1S/C20H30OS/c1-6-7-14-21-20(22-17-10-8-9-11-17)13-12-16(2)15-18(20)19(3,4)5/h8,10-12,15H,6-7,9,13-14H2,1-5H3. The predicted octanol–water partition coefficient (Wildman–Crippen LogP) is 6.40. The second kappa shape index (κ2) is 7.23. The van der Waals surface area contributed by atoms with Gasteiger partial charge in [0, 0.05) is 17.9 Å². The highest BCUT2D eigenvalue weighted by molar-refractivity contribution is 8.04. The van der Waals surface area contributed by atoms with Crippen molar-refractivity contribution < 1.29 is 4.74 Å². The van der Waals surface area contributed by atoms with E-state index in [9.17, 15) is 0 Å². The normalized spacial score (nSPS) is 25.0. The van der Waals surface area contributed by atoms with Gasteiger partial charge in [0.15, 0.2) is 0 Å². The van der Waals surface area contributed by atoms with Gasteiger partial charge in [-0.2, -0.15) is 0 Å². The highest BCUT2D eigenvalue weighted by Gasteiger charge is 2.42. The summed E-state index contributed by atoms with van der Waals surface area (Å²) >= 11 is 1.90. The summed E-state index contributed by atoms with van der Waals surface area (Å²) in [5.74, 6) is 0. The second-order valence-corrected chi connectivity index (χ2v) is 8.60. The van der Waals surface area contributed by atoms with Crippen molar-refractivity contribution in [1.82, 2.24) is 0 Å². The van der Waals surface area contributed by atoms with Gasteiger partial charge in [-0.05, 0) is 30.8 Å². The molecule has 0 aliphatic heterocycles. The van der Waals surface area contributed by atoms with Gasteiger partial charge in [-0.25, -0.2) is 0 Å². The molecular formula is C20H30OS. The van der Waals surface area contributed by atoms with Crippen molar-refractivity contribution in [3.8, 4) is 0 Å². The van der Waals surface area contributed by atoms with Crippen LogP contribution in [0, 0.1) is 5.41 Å². The Morgan fingerprint density at radius 3 is 2.64 bits per heavy atom. The van der Waals surface area contributed by atoms with Gasteiger partial charge in [-0.3, -0.25) is 0 Å². The smallest absolute Gasteiger partial charge is 0.143 e. The lowest BCUT2D eigenvalue weighted by Crippen LogP contribution is -2.38. The maximum atomic E-state index is 6.54. The molecule has 0 saturated carbocycles. The third-order valence-corrected chi connectivity index (χ3v) is 5.51. The zero-order valence-corrected chi connectivity index (χ0v) is 15.6. The minimum Gasteiger partial charge on any atom is -0.360 e. The molecule has 0 aromatic rings.